The van der Waals surface area contributed by atoms with Gasteiger partial charge in [0, 0.05) is 29.7 Å². The number of hydrogen-bond acceptors (Lipinski definition) is 3. The van der Waals surface area contributed by atoms with Crippen LogP contribution in [-0.4, -0.2) is 30.5 Å². The van der Waals surface area contributed by atoms with Crippen molar-refractivity contribution in [1.82, 2.24) is 0 Å². The van der Waals surface area contributed by atoms with Gasteiger partial charge < -0.3 is 15.2 Å². The minimum atomic E-state index is -4.44. The van der Waals surface area contributed by atoms with E-state index in [4.69, 9.17) is 4.74 Å². The summed E-state index contributed by atoms with van der Waals surface area (Å²) in [5, 5.41) is 12.7. The number of anilines is 1. The Morgan fingerprint density at radius 3 is 2.74 bits per heavy atom. The molecular formula is C12H13BrF3NO2. The van der Waals surface area contributed by atoms with Gasteiger partial charge in [0.2, 0.25) is 0 Å². The van der Waals surface area contributed by atoms with Gasteiger partial charge >= 0.3 is 6.18 Å². The van der Waals surface area contributed by atoms with Crippen molar-refractivity contribution in [2.45, 2.75) is 18.2 Å². The Morgan fingerprint density at radius 2 is 2.16 bits per heavy atom. The number of halogens is 4. The van der Waals surface area contributed by atoms with E-state index in [1.165, 1.54) is 12.1 Å². The van der Waals surface area contributed by atoms with Crippen LogP contribution in [0.4, 0.5) is 18.9 Å². The Morgan fingerprint density at radius 1 is 1.42 bits per heavy atom. The molecule has 19 heavy (non-hydrogen) atoms. The molecule has 0 aromatic heterocycles. The fraction of sp³-hybridized carbons (Fsp3) is 0.500. The molecule has 0 bridgehead atoms. The first-order valence-electron chi connectivity index (χ1n) is 5.71. The van der Waals surface area contributed by atoms with Gasteiger partial charge in [-0.3, -0.25) is 0 Å². The highest BCUT2D eigenvalue weighted by Gasteiger charge is 2.36. The molecule has 1 aromatic carbocycles. The second-order valence-electron chi connectivity index (χ2n) is 4.57. The smallest absolute Gasteiger partial charge is 0.386 e. The SMILES string of the molecule is OC1(CNc2ccc(Br)cc2C(F)(F)F)CCOC1. The van der Waals surface area contributed by atoms with Crippen LogP contribution in [0.5, 0.6) is 0 Å². The number of rotatable bonds is 3. The number of hydrogen-bond donors (Lipinski definition) is 2. The highest BCUT2D eigenvalue weighted by Crippen LogP contribution is 2.36. The molecule has 1 aromatic rings. The van der Waals surface area contributed by atoms with Crippen LogP contribution in [0.2, 0.25) is 0 Å². The summed E-state index contributed by atoms with van der Waals surface area (Å²) >= 11 is 3.02. The Kier molecular flexibility index (Phi) is 4.08. The topological polar surface area (TPSA) is 41.5 Å². The standard InChI is InChI=1S/C12H13BrF3NO2/c13-8-1-2-10(9(5-8)12(14,15)16)17-6-11(18)3-4-19-7-11/h1-2,5,17-18H,3-4,6-7H2. The van der Waals surface area contributed by atoms with Crippen LogP contribution in [0.25, 0.3) is 0 Å². The summed E-state index contributed by atoms with van der Waals surface area (Å²) in [7, 11) is 0. The van der Waals surface area contributed by atoms with E-state index in [2.05, 4.69) is 21.2 Å². The predicted octanol–water partition coefficient (Wildman–Crippen LogP) is 3.03. The zero-order valence-corrected chi connectivity index (χ0v) is 11.5. The van der Waals surface area contributed by atoms with E-state index in [0.29, 0.717) is 17.5 Å². The van der Waals surface area contributed by atoms with Crippen LogP contribution in [0.1, 0.15) is 12.0 Å². The molecule has 2 N–H and O–H groups in total. The van der Waals surface area contributed by atoms with Crippen LogP contribution in [0, 0.1) is 0 Å². The largest absolute Gasteiger partial charge is 0.418 e. The van der Waals surface area contributed by atoms with Crippen molar-refractivity contribution in [2.24, 2.45) is 0 Å². The van der Waals surface area contributed by atoms with Gasteiger partial charge in [0.25, 0.3) is 0 Å². The van der Waals surface area contributed by atoms with Crippen LogP contribution in [0.3, 0.4) is 0 Å². The van der Waals surface area contributed by atoms with Crippen LogP contribution in [-0.2, 0) is 10.9 Å². The second kappa shape index (κ2) is 5.30. The van der Waals surface area contributed by atoms with Crippen molar-refractivity contribution in [2.75, 3.05) is 25.1 Å². The minimum Gasteiger partial charge on any atom is -0.386 e. The second-order valence-corrected chi connectivity index (χ2v) is 5.48. The van der Waals surface area contributed by atoms with Gasteiger partial charge in [-0.15, -0.1) is 0 Å². The quantitative estimate of drug-likeness (QED) is 0.889. The predicted molar refractivity (Wildman–Crippen MR) is 68.0 cm³/mol. The third-order valence-corrected chi connectivity index (χ3v) is 3.47. The molecular weight excluding hydrogens is 327 g/mol. The van der Waals surface area contributed by atoms with Crippen LogP contribution in [0.15, 0.2) is 22.7 Å². The first kappa shape index (κ1) is 14.6. The van der Waals surface area contributed by atoms with Crippen LogP contribution >= 0.6 is 15.9 Å². The normalized spacial score (nSPS) is 23.6. The van der Waals surface area contributed by atoms with Crippen molar-refractivity contribution in [3.05, 3.63) is 28.2 Å². The van der Waals surface area contributed by atoms with Gasteiger partial charge in [-0.25, -0.2) is 0 Å². The van der Waals surface area contributed by atoms with E-state index in [1.807, 2.05) is 0 Å². The summed E-state index contributed by atoms with van der Waals surface area (Å²) in [5.74, 6) is 0. The molecule has 2 rings (SSSR count). The molecule has 0 saturated carbocycles. The Balaban J connectivity index is 2.16. The number of alkyl halides is 3. The molecule has 7 heteroatoms. The molecule has 0 radical (unpaired) electrons. The fourth-order valence-corrected chi connectivity index (χ4v) is 2.26. The molecule has 3 nitrogen and oxygen atoms in total. The molecule has 1 fully saturated rings. The van der Waals surface area contributed by atoms with Gasteiger partial charge in [-0.1, -0.05) is 15.9 Å². The Labute approximate surface area is 116 Å². The third-order valence-electron chi connectivity index (χ3n) is 2.98. The summed E-state index contributed by atoms with van der Waals surface area (Å²) < 4.78 is 44.0. The van der Waals surface area contributed by atoms with E-state index >= 15 is 0 Å². The number of aliphatic hydroxyl groups is 1. The molecule has 106 valence electrons. The van der Waals surface area contributed by atoms with Gasteiger partial charge in [0.15, 0.2) is 0 Å². The number of nitrogens with one attached hydrogen (secondary N) is 1. The van der Waals surface area contributed by atoms with Crippen molar-refractivity contribution >= 4 is 21.6 Å². The number of ether oxygens (including phenoxy) is 1. The molecule has 1 atom stereocenters. The summed E-state index contributed by atoms with van der Waals surface area (Å²) in [4.78, 5) is 0. The maximum absolute atomic E-state index is 12.9. The zero-order chi connectivity index (χ0) is 14.1. The number of benzene rings is 1. The van der Waals surface area contributed by atoms with E-state index in [9.17, 15) is 18.3 Å². The summed E-state index contributed by atoms with van der Waals surface area (Å²) in [6, 6.07) is 3.87. The molecule has 0 spiro atoms. The minimum absolute atomic E-state index is 0.0255. The zero-order valence-electron chi connectivity index (χ0n) is 9.93. The summed E-state index contributed by atoms with van der Waals surface area (Å²) in [6.45, 7) is 0.584. The van der Waals surface area contributed by atoms with E-state index in [0.717, 1.165) is 6.07 Å². The third kappa shape index (κ3) is 3.61. The van der Waals surface area contributed by atoms with Crippen LogP contribution < -0.4 is 5.32 Å². The van der Waals surface area contributed by atoms with Gasteiger partial charge in [-0.2, -0.15) is 13.2 Å². The summed E-state index contributed by atoms with van der Waals surface area (Å²) in [6.07, 6.45) is -4.03. The van der Waals surface area contributed by atoms with Gasteiger partial charge in [0.05, 0.1) is 12.2 Å². The lowest BCUT2D eigenvalue weighted by Crippen LogP contribution is -2.37. The van der Waals surface area contributed by atoms with Gasteiger partial charge in [-0.05, 0) is 18.2 Å². The van der Waals surface area contributed by atoms with Gasteiger partial charge in [0.1, 0.15) is 5.60 Å². The van der Waals surface area contributed by atoms with Crippen molar-refractivity contribution < 1.29 is 23.0 Å². The average Bonchev–Trinajstić information content (AvgIpc) is 2.74. The Bertz CT molecular complexity index is 459. The lowest BCUT2D eigenvalue weighted by atomic mass is 10.0. The first-order valence-corrected chi connectivity index (χ1v) is 6.50. The van der Waals surface area contributed by atoms with E-state index in [1.54, 1.807) is 0 Å². The maximum Gasteiger partial charge on any atom is 0.418 e. The molecule has 0 aliphatic carbocycles. The van der Waals surface area contributed by atoms with E-state index < -0.39 is 17.3 Å². The molecule has 1 heterocycles. The summed E-state index contributed by atoms with van der Waals surface area (Å²) in [5.41, 5.74) is -1.91. The first-order chi connectivity index (χ1) is 8.80. The molecule has 1 aliphatic rings. The maximum atomic E-state index is 12.9. The Hall–Kier alpha value is -0.790. The van der Waals surface area contributed by atoms with Crippen molar-refractivity contribution in [1.29, 1.82) is 0 Å². The van der Waals surface area contributed by atoms with Crippen molar-refractivity contribution in [3.63, 3.8) is 0 Å². The van der Waals surface area contributed by atoms with E-state index in [-0.39, 0.29) is 18.8 Å². The monoisotopic (exact) mass is 339 g/mol. The molecule has 1 aliphatic heterocycles. The molecule has 0 amide bonds. The fourth-order valence-electron chi connectivity index (χ4n) is 1.90. The van der Waals surface area contributed by atoms with Crippen molar-refractivity contribution in [3.8, 4) is 0 Å². The highest BCUT2D eigenvalue weighted by molar-refractivity contribution is 9.10. The lowest BCUT2D eigenvalue weighted by molar-refractivity contribution is -0.137. The lowest BCUT2D eigenvalue weighted by Gasteiger charge is -2.23. The average molecular weight is 340 g/mol. The highest BCUT2D eigenvalue weighted by atomic mass is 79.9. The molecule has 1 unspecified atom stereocenters. The molecule has 1 saturated heterocycles.